The highest BCUT2D eigenvalue weighted by molar-refractivity contribution is 5.93. The summed E-state index contributed by atoms with van der Waals surface area (Å²) < 4.78 is 0. The molecule has 0 aromatic carbocycles. The Balaban J connectivity index is 2.58. The largest absolute Gasteiger partial charge is 0.368 e. The molecular formula is C11H19N3O3. The smallest absolute Gasteiger partial charge is 0.243 e. The average Bonchev–Trinajstić information content (AvgIpc) is 2.71. The Hall–Kier alpha value is -1.59. The Morgan fingerprint density at radius 3 is 2.65 bits per heavy atom. The fourth-order valence-electron chi connectivity index (χ4n) is 1.79. The van der Waals surface area contributed by atoms with Crippen molar-refractivity contribution >= 4 is 17.7 Å². The highest BCUT2D eigenvalue weighted by Crippen LogP contribution is 2.10. The van der Waals surface area contributed by atoms with Crippen molar-refractivity contribution < 1.29 is 14.4 Å². The molecule has 6 nitrogen and oxygen atoms in total. The van der Waals surface area contributed by atoms with Gasteiger partial charge in [-0.3, -0.25) is 14.4 Å². The van der Waals surface area contributed by atoms with Crippen molar-refractivity contribution in [3.8, 4) is 0 Å². The van der Waals surface area contributed by atoms with Gasteiger partial charge in [0.2, 0.25) is 17.7 Å². The second kappa shape index (κ2) is 5.65. The molecule has 1 aliphatic heterocycles. The van der Waals surface area contributed by atoms with Gasteiger partial charge in [0.1, 0.15) is 12.1 Å². The van der Waals surface area contributed by atoms with Crippen LogP contribution in [0.5, 0.6) is 0 Å². The average molecular weight is 241 g/mol. The maximum absolute atomic E-state index is 11.8. The van der Waals surface area contributed by atoms with Crippen LogP contribution in [0.1, 0.15) is 33.1 Å². The van der Waals surface area contributed by atoms with Crippen LogP contribution in [0.15, 0.2) is 0 Å². The third-order valence-corrected chi connectivity index (χ3v) is 3.13. The highest BCUT2D eigenvalue weighted by Gasteiger charge is 2.31. The third-order valence-electron chi connectivity index (χ3n) is 3.13. The molecular weight excluding hydrogens is 222 g/mol. The van der Waals surface area contributed by atoms with Crippen LogP contribution >= 0.6 is 0 Å². The summed E-state index contributed by atoms with van der Waals surface area (Å²) in [7, 11) is 0. The van der Waals surface area contributed by atoms with E-state index < -0.39 is 18.0 Å². The molecule has 1 saturated heterocycles. The lowest BCUT2D eigenvalue weighted by Gasteiger charge is -2.22. The van der Waals surface area contributed by atoms with Crippen molar-refractivity contribution in [3.63, 3.8) is 0 Å². The number of hydrogen-bond acceptors (Lipinski definition) is 3. The van der Waals surface area contributed by atoms with E-state index in [9.17, 15) is 14.4 Å². The van der Waals surface area contributed by atoms with Gasteiger partial charge in [-0.15, -0.1) is 0 Å². The molecule has 0 aromatic rings. The SMILES string of the molecule is CC[C@H](C)[C@@H](NC(=O)[C@@H]1CCC(=O)N1)C(N)=O. The standard InChI is InChI=1S/C11H19N3O3/c1-3-6(2)9(10(12)16)14-11(17)7-4-5-8(15)13-7/h6-7,9H,3-5H2,1-2H3,(H2,12,16)(H,13,15)(H,14,17)/t6-,7-,9+/m0/s1. The molecule has 0 radical (unpaired) electrons. The van der Waals surface area contributed by atoms with Crippen LogP contribution in [0, 0.1) is 5.92 Å². The van der Waals surface area contributed by atoms with Gasteiger partial charge in [0, 0.05) is 6.42 Å². The fraction of sp³-hybridized carbons (Fsp3) is 0.727. The second-order valence-corrected chi connectivity index (χ2v) is 4.43. The van der Waals surface area contributed by atoms with Gasteiger partial charge in [-0.05, 0) is 12.3 Å². The Morgan fingerprint density at radius 1 is 1.59 bits per heavy atom. The molecule has 6 heteroatoms. The molecule has 1 rings (SSSR count). The van der Waals surface area contributed by atoms with Gasteiger partial charge < -0.3 is 16.4 Å². The summed E-state index contributed by atoms with van der Waals surface area (Å²) >= 11 is 0. The predicted octanol–water partition coefficient (Wildman–Crippen LogP) is -0.719. The molecule has 3 atom stereocenters. The highest BCUT2D eigenvalue weighted by atomic mass is 16.2. The molecule has 0 bridgehead atoms. The molecule has 0 aliphatic carbocycles. The van der Waals surface area contributed by atoms with Crippen molar-refractivity contribution in [3.05, 3.63) is 0 Å². The quantitative estimate of drug-likeness (QED) is 0.592. The minimum Gasteiger partial charge on any atom is -0.368 e. The fourth-order valence-corrected chi connectivity index (χ4v) is 1.79. The van der Waals surface area contributed by atoms with Gasteiger partial charge in [-0.25, -0.2) is 0 Å². The zero-order valence-electron chi connectivity index (χ0n) is 10.2. The lowest BCUT2D eigenvalue weighted by atomic mass is 9.98. The van der Waals surface area contributed by atoms with Crippen LogP contribution in [0.3, 0.4) is 0 Å². The zero-order chi connectivity index (χ0) is 13.0. The van der Waals surface area contributed by atoms with Gasteiger partial charge in [0.15, 0.2) is 0 Å². The van der Waals surface area contributed by atoms with Gasteiger partial charge >= 0.3 is 0 Å². The van der Waals surface area contributed by atoms with E-state index in [2.05, 4.69) is 10.6 Å². The second-order valence-electron chi connectivity index (χ2n) is 4.43. The zero-order valence-corrected chi connectivity index (χ0v) is 10.2. The van der Waals surface area contributed by atoms with E-state index in [-0.39, 0.29) is 17.7 Å². The van der Waals surface area contributed by atoms with E-state index in [4.69, 9.17) is 5.73 Å². The molecule has 17 heavy (non-hydrogen) atoms. The van der Waals surface area contributed by atoms with E-state index in [0.717, 1.165) is 6.42 Å². The molecule has 0 spiro atoms. The topological polar surface area (TPSA) is 101 Å². The van der Waals surface area contributed by atoms with Crippen LogP contribution in [0.4, 0.5) is 0 Å². The number of carbonyl (C=O) groups is 3. The first-order chi connectivity index (χ1) is 7.95. The molecule has 0 unspecified atom stereocenters. The molecule has 96 valence electrons. The summed E-state index contributed by atoms with van der Waals surface area (Å²) in [6, 6.07) is -1.21. The van der Waals surface area contributed by atoms with Gasteiger partial charge in [-0.2, -0.15) is 0 Å². The minimum absolute atomic E-state index is 0.0199. The summed E-state index contributed by atoms with van der Waals surface area (Å²) in [6.07, 6.45) is 1.56. The molecule has 0 aromatic heterocycles. The van der Waals surface area contributed by atoms with Crippen LogP contribution in [-0.2, 0) is 14.4 Å². The van der Waals surface area contributed by atoms with Crippen molar-refractivity contribution in [1.82, 2.24) is 10.6 Å². The van der Waals surface area contributed by atoms with Crippen LogP contribution < -0.4 is 16.4 Å². The number of nitrogens with two attached hydrogens (primary N) is 1. The lowest BCUT2D eigenvalue weighted by molar-refractivity contribution is -0.130. The van der Waals surface area contributed by atoms with Crippen molar-refractivity contribution in [2.75, 3.05) is 0 Å². The predicted molar refractivity (Wildman–Crippen MR) is 61.7 cm³/mol. The molecule has 3 amide bonds. The first-order valence-corrected chi connectivity index (χ1v) is 5.84. The lowest BCUT2D eigenvalue weighted by Crippen LogP contribution is -2.53. The minimum atomic E-state index is -0.676. The Labute approximate surface area is 100 Å². The van der Waals surface area contributed by atoms with Crippen LogP contribution in [-0.4, -0.2) is 29.8 Å². The van der Waals surface area contributed by atoms with E-state index >= 15 is 0 Å². The summed E-state index contributed by atoms with van der Waals surface area (Å²) in [5.74, 6) is -1.03. The Kier molecular flexibility index (Phi) is 4.48. The van der Waals surface area contributed by atoms with Crippen LogP contribution in [0.25, 0.3) is 0 Å². The third kappa shape index (κ3) is 3.44. The molecule has 1 heterocycles. The number of amides is 3. The summed E-state index contributed by atoms with van der Waals surface area (Å²) in [6.45, 7) is 3.77. The summed E-state index contributed by atoms with van der Waals surface area (Å²) in [5, 5.41) is 5.15. The maximum Gasteiger partial charge on any atom is 0.243 e. The number of primary amides is 1. The first-order valence-electron chi connectivity index (χ1n) is 5.84. The van der Waals surface area contributed by atoms with E-state index in [1.165, 1.54) is 0 Å². The molecule has 1 aliphatic rings. The normalized spacial score (nSPS) is 22.7. The van der Waals surface area contributed by atoms with Gasteiger partial charge in [0.25, 0.3) is 0 Å². The number of rotatable bonds is 5. The van der Waals surface area contributed by atoms with E-state index in [0.29, 0.717) is 12.8 Å². The van der Waals surface area contributed by atoms with Crippen molar-refractivity contribution in [1.29, 1.82) is 0 Å². The Morgan fingerprint density at radius 2 is 2.24 bits per heavy atom. The molecule has 0 saturated carbocycles. The maximum atomic E-state index is 11.8. The van der Waals surface area contributed by atoms with Crippen LogP contribution in [0.2, 0.25) is 0 Å². The van der Waals surface area contributed by atoms with Crippen molar-refractivity contribution in [2.45, 2.75) is 45.2 Å². The van der Waals surface area contributed by atoms with Gasteiger partial charge in [-0.1, -0.05) is 20.3 Å². The molecule has 1 fully saturated rings. The monoisotopic (exact) mass is 241 g/mol. The van der Waals surface area contributed by atoms with Crippen molar-refractivity contribution in [2.24, 2.45) is 11.7 Å². The number of nitrogens with one attached hydrogen (secondary N) is 2. The summed E-state index contributed by atoms with van der Waals surface area (Å²) in [5.41, 5.74) is 5.25. The number of carbonyl (C=O) groups excluding carboxylic acids is 3. The van der Waals surface area contributed by atoms with E-state index in [1.807, 2.05) is 13.8 Å². The number of hydrogen-bond donors (Lipinski definition) is 3. The molecule has 4 N–H and O–H groups in total. The van der Waals surface area contributed by atoms with Gasteiger partial charge in [0.05, 0.1) is 0 Å². The summed E-state index contributed by atoms with van der Waals surface area (Å²) in [4.78, 5) is 34.0. The van der Waals surface area contributed by atoms with E-state index in [1.54, 1.807) is 0 Å². The Bertz CT molecular complexity index is 330. The first kappa shape index (κ1) is 13.5.